The molecule has 1 aliphatic rings. The molecule has 5 nitrogen and oxygen atoms in total. The number of carbonyl (C=O) groups excluding carboxylic acids is 1. The van der Waals surface area contributed by atoms with Gasteiger partial charge >= 0.3 is 5.97 Å². The third kappa shape index (κ3) is 8.40. The maximum atomic E-state index is 12.1. The topological polar surface area (TPSA) is 75.6 Å². The Morgan fingerprint density at radius 3 is 2.80 bits per heavy atom. The van der Waals surface area contributed by atoms with Gasteiger partial charge in [-0.25, -0.2) is 0 Å². The number of thioether (sulfide) groups is 1. The predicted molar refractivity (Wildman–Crippen MR) is 101 cm³/mol. The molecule has 1 aliphatic heterocycles. The van der Waals surface area contributed by atoms with Gasteiger partial charge in [0, 0.05) is 36.8 Å². The number of carboxylic acid groups (broad SMARTS) is 1. The van der Waals surface area contributed by atoms with E-state index in [0.717, 1.165) is 55.9 Å². The van der Waals surface area contributed by atoms with Crippen LogP contribution in [0.15, 0.2) is 24.3 Å². The van der Waals surface area contributed by atoms with E-state index in [4.69, 9.17) is 9.84 Å². The van der Waals surface area contributed by atoms with Crippen LogP contribution in [0, 0.1) is 5.92 Å². The summed E-state index contributed by atoms with van der Waals surface area (Å²) >= 11 is 1.59. The molecule has 2 N–H and O–H groups in total. The van der Waals surface area contributed by atoms with Crippen molar-refractivity contribution in [2.75, 3.05) is 24.3 Å². The van der Waals surface area contributed by atoms with Crippen LogP contribution in [0.3, 0.4) is 0 Å². The third-order valence-corrected chi connectivity index (χ3v) is 5.33. The van der Waals surface area contributed by atoms with Gasteiger partial charge in [0.2, 0.25) is 5.91 Å². The number of rotatable bonds is 10. The highest BCUT2D eigenvalue weighted by Crippen LogP contribution is 2.21. The van der Waals surface area contributed by atoms with Gasteiger partial charge in [0.1, 0.15) is 0 Å². The molecule has 138 valence electrons. The molecule has 0 atom stereocenters. The van der Waals surface area contributed by atoms with Crippen molar-refractivity contribution in [1.82, 2.24) is 0 Å². The van der Waals surface area contributed by atoms with E-state index in [1.54, 1.807) is 11.8 Å². The smallest absolute Gasteiger partial charge is 0.304 e. The molecule has 0 saturated carbocycles. The lowest BCUT2D eigenvalue weighted by molar-refractivity contribution is -0.136. The molecule has 1 aromatic rings. The molecule has 1 heterocycles. The van der Waals surface area contributed by atoms with Crippen LogP contribution in [0.25, 0.3) is 0 Å². The Morgan fingerprint density at radius 1 is 1.24 bits per heavy atom. The molecule has 0 aromatic heterocycles. The normalized spacial score (nSPS) is 15.0. The summed E-state index contributed by atoms with van der Waals surface area (Å²) in [6.07, 6.45) is 4.97. The van der Waals surface area contributed by atoms with E-state index in [9.17, 15) is 9.59 Å². The Labute approximate surface area is 153 Å². The number of ether oxygens (including phenoxy) is 1. The first kappa shape index (κ1) is 19.8. The van der Waals surface area contributed by atoms with Gasteiger partial charge in [-0.05, 0) is 49.3 Å². The average molecular weight is 365 g/mol. The Bertz CT molecular complexity index is 558. The van der Waals surface area contributed by atoms with Crippen molar-refractivity contribution in [3.63, 3.8) is 0 Å². The molecule has 2 rings (SSSR count). The summed E-state index contributed by atoms with van der Waals surface area (Å²) < 4.78 is 5.35. The molecule has 0 unspecified atom stereocenters. The average Bonchev–Trinajstić information content (AvgIpc) is 2.60. The number of hydrogen-bond acceptors (Lipinski definition) is 4. The van der Waals surface area contributed by atoms with Crippen LogP contribution >= 0.6 is 11.8 Å². The van der Waals surface area contributed by atoms with Crippen LogP contribution in [0.2, 0.25) is 0 Å². The molecular weight excluding hydrogens is 338 g/mol. The number of anilines is 1. The first-order chi connectivity index (χ1) is 12.1. The van der Waals surface area contributed by atoms with E-state index in [1.165, 1.54) is 0 Å². The van der Waals surface area contributed by atoms with Crippen LogP contribution in [-0.2, 0) is 20.1 Å². The van der Waals surface area contributed by atoms with E-state index < -0.39 is 5.97 Å². The zero-order chi connectivity index (χ0) is 17.9. The van der Waals surface area contributed by atoms with Gasteiger partial charge < -0.3 is 15.2 Å². The minimum Gasteiger partial charge on any atom is -0.481 e. The van der Waals surface area contributed by atoms with Crippen LogP contribution < -0.4 is 5.32 Å². The highest BCUT2D eigenvalue weighted by Gasteiger charge is 2.14. The molecule has 0 radical (unpaired) electrons. The van der Waals surface area contributed by atoms with Crippen molar-refractivity contribution >= 4 is 29.3 Å². The fourth-order valence-corrected chi connectivity index (χ4v) is 3.78. The van der Waals surface area contributed by atoms with Crippen molar-refractivity contribution in [1.29, 1.82) is 0 Å². The molecule has 0 aliphatic carbocycles. The minimum atomic E-state index is -0.769. The molecule has 25 heavy (non-hydrogen) atoms. The lowest BCUT2D eigenvalue weighted by atomic mass is 9.94. The van der Waals surface area contributed by atoms with Gasteiger partial charge in [-0.2, -0.15) is 11.8 Å². The van der Waals surface area contributed by atoms with E-state index in [-0.39, 0.29) is 12.3 Å². The number of aliphatic carboxylic acids is 1. The van der Waals surface area contributed by atoms with E-state index in [0.29, 0.717) is 18.1 Å². The number of hydrogen-bond donors (Lipinski definition) is 2. The number of benzene rings is 1. The molecule has 0 bridgehead atoms. The quantitative estimate of drug-likeness (QED) is 0.615. The van der Waals surface area contributed by atoms with Gasteiger partial charge in [0.25, 0.3) is 0 Å². The SMILES string of the molecule is O=C(O)CCSCc1cccc(NC(=O)CCCC2CCOCC2)c1. The largest absolute Gasteiger partial charge is 0.481 e. The van der Waals surface area contributed by atoms with E-state index >= 15 is 0 Å². The zero-order valence-electron chi connectivity index (χ0n) is 14.5. The lowest BCUT2D eigenvalue weighted by Crippen LogP contribution is -2.17. The Morgan fingerprint density at radius 2 is 2.04 bits per heavy atom. The number of amides is 1. The minimum absolute atomic E-state index is 0.0581. The molecule has 1 amide bonds. The molecule has 6 heteroatoms. The highest BCUT2D eigenvalue weighted by molar-refractivity contribution is 7.98. The Balaban J connectivity index is 1.67. The fraction of sp³-hybridized carbons (Fsp3) is 0.579. The van der Waals surface area contributed by atoms with E-state index in [1.807, 2.05) is 24.3 Å². The van der Waals surface area contributed by atoms with Crippen LogP contribution in [0.1, 0.15) is 44.1 Å². The van der Waals surface area contributed by atoms with Gasteiger partial charge in [0.15, 0.2) is 0 Å². The lowest BCUT2D eigenvalue weighted by Gasteiger charge is -2.21. The van der Waals surface area contributed by atoms with E-state index in [2.05, 4.69) is 5.32 Å². The number of nitrogens with one attached hydrogen (secondary N) is 1. The standard InChI is InChI=1S/C19H27NO4S/c21-18(6-2-3-15-7-10-24-11-8-15)20-17-5-1-4-16(13-17)14-25-12-9-19(22)23/h1,4-5,13,15H,2-3,6-12,14H2,(H,20,21)(H,22,23). The molecule has 1 aromatic carbocycles. The van der Waals surface area contributed by atoms with Crippen molar-refractivity contribution in [2.24, 2.45) is 5.92 Å². The fourth-order valence-electron chi connectivity index (χ4n) is 2.90. The van der Waals surface area contributed by atoms with Crippen molar-refractivity contribution in [3.8, 4) is 0 Å². The summed E-state index contributed by atoms with van der Waals surface area (Å²) in [5.74, 6) is 1.34. The van der Waals surface area contributed by atoms with Gasteiger partial charge in [-0.15, -0.1) is 0 Å². The molecule has 0 spiro atoms. The van der Waals surface area contributed by atoms with Gasteiger partial charge in [-0.3, -0.25) is 9.59 Å². The molecule has 1 fully saturated rings. The second-order valence-electron chi connectivity index (χ2n) is 6.39. The van der Waals surface area contributed by atoms with Crippen molar-refractivity contribution in [3.05, 3.63) is 29.8 Å². The van der Waals surface area contributed by atoms with Crippen molar-refractivity contribution < 1.29 is 19.4 Å². The summed E-state index contributed by atoms with van der Waals surface area (Å²) in [6.45, 7) is 1.71. The second-order valence-corrected chi connectivity index (χ2v) is 7.50. The predicted octanol–water partition coefficient (Wildman–Crippen LogP) is 3.93. The van der Waals surface area contributed by atoms with Gasteiger partial charge in [-0.1, -0.05) is 12.1 Å². The number of carboxylic acids is 1. The highest BCUT2D eigenvalue weighted by atomic mass is 32.2. The second kappa shape index (κ2) is 11.2. The van der Waals surface area contributed by atoms with Crippen LogP contribution in [0.4, 0.5) is 5.69 Å². The Hall–Kier alpha value is -1.53. The molecular formula is C19H27NO4S. The monoisotopic (exact) mass is 365 g/mol. The first-order valence-corrected chi connectivity index (χ1v) is 10.0. The zero-order valence-corrected chi connectivity index (χ0v) is 15.4. The Kier molecular flexibility index (Phi) is 8.83. The summed E-state index contributed by atoms with van der Waals surface area (Å²) in [5.41, 5.74) is 1.91. The van der Waals surface area contributed by atoms with Crippen molar-refractivity contribution in [2.45, 2.75) is 44.3 Å². The summed E-state index contributed by atoms with van der Waals surface area (Å²) in [5, 5.41) is 11.6. The first-order valence-electron chi connectivity index (χ1n) is 8.89. The summed E-state index contributed by atoms with van der Waals surface area (Å²) in [7, 11) is 0. The third-order valence-electron chi connectivity index (χ3n) is 4.30. The maximum Gasteiger partial charge on any atom is 0.304 e. The van der Waals surface area contributed by atoms with Crippen LogP contribution in [0.5, 0.6) is 0 Å². The maximum absolute atomic E-state index is 12.1. The van der Waals surface area contributed by atoms with Crippen LogP contribution in [-0.4, -0.2) is 35.9 Å². The van der Waals surface area contributed by atoms with Gasteiger partial charge in [0.05, 0.1) is 6.42 Å². The summed E-state index contributed by atoms with van der Waals surface area (Å²) in [4.78, 5) is 22.6. The summed E-state index contributed by atoms with van der Waals surface area (Å²) in [6, 6.07) is 7.77. The number of carbonyl (C=O) groups is 2. The molecule has 1 saturated heterocycles.